The smallest absolute Gasteiger partial charge is 0.343 e. The van der Waals surface area contributed by atoms with E-state index >= 15 is 0 Å². The van der Waals surface area contributed by atoms with E-state index in [4.69, 9.17) is 9.47 Å². The molecule has 0 radical (unpaired) electrons. The van der Waals surface area contributed by atoms with E-state index in [1.54, 1.807) is 12.1 Å². The maximum absolute atomic E-state index is 12.5. The number of hydrogen-bond acceptors (Lipinski definition) is 5. The molecule has 0 saturated heterocycles. The summed E-state index contributed by atoms with van der Waals surface area (Å²) in [7, 11) is 1.25. The Kier molecular flexibility index (Phi) is 5.76. The molecule has 27 heavy (non-hydrogen) atoms. The predicted octanol–water partition coefficient (Wildman–Crippen LogP) is 3.33. The zero-order chi connectivity index (χ0) is 19.2. The van der Waals surface area contributed by atoms with Crippen molar-refractivity contribution in [3.05, 3.63) is 70.0 Å². The van der Waals surface area contributed by atoms with Gasteiger partial charge in [-0.15, -0.1) is 0 Å². The molecule has 0 unspecified atom stereocenters. The summed E-state index contributed by atoms with van der Waals surface area (Å²) in [4.78, 5) is 27.2. The van der Waals surface area contributed by atoms with Gasteiger partial charge in [0.2, 0.25) is 5.43 Å². The minimum absolute atomic E-state index is 0.0167. The first kappa shape index (κ1) is 18.5. The summed E-state index contributed by atoms with van der Waals surface area (Å²) in [6.07, 6.45) is 2.05. The first-order chi connectivity index (χ1) is 13.1. The standard InChI is InChI=1S/C21H21NO5/c1-3-14-11-16-18(22-13-17(20(16)23)21(24)25-2)12-19(14)27-10-9-26-15-7-5-4-6-8-15/h4-8,11-13H,3,9-10H2,1-2H3,(H,22,23). The van der Waals surface area contributed by atoms with E-state index in [1.165, 1.54) is 13.3 Å². The molecule has 0 bridgehead atoms. The molecule has 0 atom stereocenters. The number of aromatic amines is 1. The Labute approximate surface area is 156 Å². The van der Waals surface area contributed by atoms with E-state index in [0.717, 1.165) is 11.3 Å². The van der Waals surface area contributed by atoms with Crippen LogP contribution >= 0.6 is 0 Å². The van der Waals surface area contributed by atoms with Crippen molar-refractivity contribution in [2.45, 2.75) is 13.3 Å². The number of rotatable bonds is 7. The molecule has 0 aliphatic heterocycles. The van der Waals surface area contributed by atoms with Gasteiger partial charge in [-0.2, -0.15) is 0 Å². The van der Waals surface area contributed by atoms with Crippen molar-refractivity contribution in [3.63, 3.8) is 0 Å². The van der Waals surface area contributed by atoms with Gasteiger partial charge >= 0.3 is 5.97 Å². The molecule has 140 valence electrons. The number of ether oxygens (including phenoxy) is 3. The molecule has 6 nitrogen and oxygen atoms in total. The Morgan fingerprint density at radius 2 is 1.81 bits per heavy atom. The Hall–Kier alpha value is -3.28. The number of carbonyl (C=O) groups is 1. The Bertz CT molecular complexity index is 995. The predicted molar refractivity (Wildman–Crippen MR) is 103 cm³/mol. The van der Waals surface area contributed by atoms with Crippen molar-refractivity contribution in [3.8, 4) is 11.5 Å². The molecule has 0 aliphatic rings. The van der Waals surface area contributed by atoms with Crippen LogP contribution < -0.4 is 14.9 Å². The van der Waals surface area contributed by atoms with Crippen molar-refractivity contribution >= 4 is 16.9 Å². The Balaban J connectivity index is 1.79. The van der Waals surface area contributed by atoms with Crippen LogP contribution in [0, 0.1) is 0 Å². The highest BCUT2D eigenvalue weighted by Gasteiger charge is 2.15. The minimum atomic E-state index is -0.658. The van der Waals surface area contributed by atoms with Gasteiger partial charge in [0, 0.05) is 17.6 Å². The number of nitrogens with one attached hydrogen (secondary N) is 1. The minimum Gasteiger partial charge on any atom is -0.490 e. The number of esters is 1. The average Bonchev–Trinajstić information content (AvgIpc) is 2.71. The first-order valence-electron chi connectivity index (χ1n) is 8.71. The molecule has 6 heteroatoms. The zero-order valence-electron chi connectivity index (χ0n) is 15.3. The van der Waals surface area contributed by atoms with Gasteiger partial charge in [0.05, 0.1) is 12.6 Å². The largest absolute Gasteiger partial charge is 0.490 e. The third-order valence-corrected chi connectivity index (χ3v) is 4.20. The average molecular weight is 367 g/mol. The molecule has 0 amide bonds. The molecular weight excluding hydrogens is 346 g/mol. The van der Waals surface area contributed by atoms with Crippen LogP contribution in [0.4, 0.5) is 0 Å². The van der Waals surface area contributed by atoms with Crippen molar-refractivity contribution in [2.24, 2.45) is 0 Å². The molecule has 3 aromatic rings. The van der Waals surface area contributed by atoms with Gasteiger partial charge in [-0.25, -0.2) is 4.79 Å². The number of aromatic nitrogens is 1. The fourth-order valence-corrected chi connectivity index (χ4v) is 2.79. The van der Waals surface area contributed by atoms with Crippen LogP contribution in [0.25, 0.3) is 10.9 Å². The highest BCUT2D eigenvalue weighted by molar-refractivity contribution is 5.93. The van der Waals surface area contributed by atoms with Crippen LogP contribution in [0.3, 0.4) is 0 Å². The third-order valence-electron chi connectivity index (χ3n) is 4.20. The number of pyridine rings is 1. The monoisotopic (exact) mass is 367 g/mol. The molecule has 0 fully saturated rings. The highest BCUT2D eigenvalue weighted by atomic mass is 16.5. The normalized spacial score (nSPS) is 10.6. The van der Waals surface area contributed by atoms with Crippen molar-refractivity contribution in [1.29, 1.82) is 0 Å². The number of fused-ring (bicyclic) bond motifs is 1. The lowest BCUT2D eigenvalue weighted by Crippen LogP contribution is -2.17. The van der Waals surface area contributed by atoms with Crippen LogP contribution in [0.5, 0.6) is 11.5 Å². The van der Waals surface area contributed by atoms with Gasteiger partial charge in [0.1, 0.15) is 30.3 Å². The van der Waals surface area contributed by atoms with E-state index < -0.39 is 5.97 Å². The summed E-state index contributed by atoms with van der Waals surface area (Å²) >= 11 is 0. The fraction of sp³-hybridized carbons (Fsp3) is 0.238. The third kappa shape index (κ3) is 4.11. The molecule has 3 rings (SSSR count). The number of aryl methyl sites for hydroxylation is 1. The van der Waals surface area contributed by atoms with Crippen molar-refractivity contribution in [2.75, 3.05) is 20.3 Å². The van der Waals surface area contributed by atoms with Crippen molar-refractivity contribution in [1.82, 2.24) is 4.98 Å². The summed E-state index contributed by atoms with van der Waals surface area (Å²) in [6, 6.07) is 13.1. The zero-order valence-corrected chi connectivity index (χ0v) is 15.3. The number of H-pyrrole nitrogens is 1. The maximum Gasteiger partial charge on any atom is 0.343 e. The van der Waals surface area contributed by atoms with Crippen LogP contribution in [-0.4, -0.2) is 31.3 Å². The van der Waals surface area contributed by atoms with Gasteiger partial charge in [0.25, 0.3) is 0 Å². The second kappa shape index (κ2) is 8.40. The first-order valence-corrected chi connectivity index (χ1v) is 8.71. The molecule has 1 heterocycles. The molecule has 0 aliphatic carbocycles. The summed E-state index contributed by atoms with van der Waals surface area (Å²) < 4.78 is 16.1. The summed E-state index contributed by atoms with van der Waals surface area (Å²) in [5.41, 5.74) is 1.11. The van der Waals surface area contributed by atoms with E-state index in [0.29, 0.717) is 36.3 Å². The highest BCUT2D eigenvalue weighted by Crippen LogP contribution is 2.24. The lowest BCUT2D eigenvalue weighted by Gasteiger charge is -2.13. The quantitative estimate of drug-likeness (QED) is 0.512. The molecule has 1 aromatic heterocycles. The number of para-hydroxylation sites is 1. The number of methoxy groups -OCH3 is 1. The molecule has 0 saturated carbocycles. The summed E-state index contributed by atoms with van der Waals surface area (Å²) in [5.74, 6) is 0.813. The van der Waals surface area contributed by atoms with Gasteiger partial charge in [-0.3, -0.25) is 4.79 Å². The lowest BCUT2D eigenvalue weighted by atomic mass is 10.1. The number of carbonyl (C=O) groups excluding carboxylic acids is 1. The SMILES string of the molecule is CCc1cc2c(=O)c(C(=O)OC)c[nH]c2cc1OCCOc1ccccc1. The molecule has 1 N–H and O–H groups in total. The van der Waals surface area contributed by atoms with Crippen molar-refractivity contribution < 1.29 is 19.0 Å². The number of hydrogen-bond donors (Lipinski definition) is 1. The van der Waals surface area contributed by atoms with Crippen LogP contribution in [-0.2, 0) is 11.2 Å². The van der Waals surface area contributed by atoms with Gasteiger partial charge in [-0.05, 0) is 30.2 Å². The van der Waals surface area contributed by atoms with Crippen LogP contribution in [0.2, 0.25) is 0 Å². The van der Waals surface area contributed by atoms with Crippen LogP contribution in [0.15, 0.2) is 53.5 Å². The maximum atomic E-state index is 12.5. The van der Waals surface area contributed by atoms with E-state index in [9.17, 15) is 9.59 Å². The van der Waals surface area contributed by atoms with Gasteiger partial charge < -0.3 is 19.2 Å². The number of benzene rings is 2. The van der Waals surface area contributed by atoms with E-state index in [2.05, 4.69) is 9.72 Å². The Morgan fingerprint density at radius 3 is 2.52 bits per heavy atom. The fourth-order valence-electron chi connectivity index (χ4n) is 2.79. The second-order valence-electron chi connectivity index (χ2n) is 5.89. The Morgan fingerprint density at radius 1 is 1.07 bits per heavy atom. The summed E-state index contributed by atoms with van der Waals surface area (Å²) in [6.45, 7) is 2.76. The van der Waals surface area contributed by atoms with E-state index in [-0.39, 0.29) is 11.0 Å². The second-order valence-corrected chi connectivity index (χ2v) is 5.89. The summed E-state index contributed by atoms with van der Waals surface area (Å²) in [5, 5.41) is 0.433. The lowest BCUT2D eigenvalue weighted by molar-refractivity contribution is 0.0599. The van der Waals surface area contributed by atoms with Crippen LogP contribution in [0.1, 0.15) is 22.8 Å². The van der Waals surface area contributed by atoms with Gasteiger partial charge in [0.15, 0.2) is 0 Å². The van der Waals surface area contributed by atoms with E-state index in [1.807, 2.05) is 37.3 Å². The van der Waals surface area contributed by atoms with Gasteiger partial charge in [-0.1, -0.05) is 25.1 Å². The topological polar surface area (TPSA) is 77.6 Å². The molecule has 0 spiro atoms. The molecule has 2 aromatic carbocycles. The molecular formula is C21H21NO5.